The molecule has 3 N–H and O–H groups in total. The highest BCUT2D eigenvalue weighted by molar-refractivity contribution is 5.26. The number of rotatable bonds is 6. The molecule has 0 aliphatic carbocycles. The average Bonchev–Trinajstić information content (AvgIpc) is 2.48. The molecule has 20 heavy (non-hydrogen) atoms. The first kappa shape index (κ1) is 14.6. The fourth-order valence-corrected chi connectivity index (χ4v) is 2.11. The standard InChI is InChI=1S/C17H21NO2/c1-13(10-14-6-8-17(20)9-7-14)18-11-15-2-4-16(12-19)5-3-15/h2-9,13,18-20H,10-12H2,1H3. The summed E-state index contributed by atoms with van der Waals surface area (Å²) < 4.78 is 0. The summed E-state index contributed by atoms with van der Waals surface area (Å²) in [5.74, 6) is 0.304. The average molecular weight is 271 g/mol. The molecular weight excluding hydrogens is 250 g/mol. The van der Waals surface area contributed by atoms with E-state index in [0.717, 1.165) is 18.5 Å². The van der Waals surface area contributed by atoms with Crippen LogP contribution in [0.3, 0.4) is 0 Å². The summed E-state index contributed by atoms with van der Waals surface area (Å²) in [6, 6.07) is 15.6. The summed E-state index contributed by atoms with van der Waals surface area (Å²) in [4.78, 5) is 0. The van der Waals surface area contributed by atoms with Crippen molar-refractivity contribution in [2.24, 2.45) is 0 Å². The minimum atomic E-state index is 0.0883. The van der Waals surface area contributed by atoms with Gasteiger partial charge < -0.3 is 15.5 Å². The van der Waals surface area contributed by atoms with E-state index in [1.54, 1.807) is 12.1 Å². The minimum Gasteiger partial charge on any atom is -0.508 e. The predicted molar refractivity (Wildman–Crippen MR) is 80.5 cm³/mol. The number of nitrogens with one attached hydrogen (secondary N) is 1. The first-order chi connectivity index (χ1) is 9.67. The second-order valence-corrected chi connectivity index (χ2v) is 5.13. The maximum atomic E-state index is 9.25. The summed E-state index contributed by atoms with van der Waals surface area (Å²) >= 11 is 0. The van der Waals surface area contributed by atoms with Gasteiger partial charge in [0.05, 0.1) is 6.61 Å². The van der Waals surface area contributed by atoms with Gasteiger partial charge in [0.1, 0.15) is 5.75 Å². The molecule has 0 aliphatic rings. The molecule has 0 spiro atoms. The summed E-state index contributed by atoms with van der Waals surface area (Å²) in [6.45, 7) is 3.05. The van der Waals surface area contributed by atoms with Crippen molar-refractivity contribution in [3.63, 3.8) is 0 Å². The largest absolute Gasteiger partial charge is 0.508 e. The van der Waals surface area contributed by atoms with E-state index in [1.807, 2.05) is 36.4 Å². The Morgan fingerprint density at radius 3 is 2.05 bits per heavy atom. The number of aliphatic hydroxyl groups excluding tert-OH is 1. The Morgan fingerprint density at radius 2 is 1.45 bits per heavy atom. The third kappa shape index (κ3) is 4.37. The smallest absolute Gasteiger partial charge is 0.115 e. The molecule has 0 amide bonds. The molecular formula is C17H21NO2. The molecule has 1 atom stereocenters. The Morgan fingerprint density at radius 1 is 0.900 bits per heavy atom. The fraction of sp³-hybridized carbons (Fsp3) is 0.294. The van der Waals surface area contributed by atoms with Crippen LogP contribution in [0.4, 0.5) is 0 Å². The Kier molecular flexibility index (Phi) is 5.16. The zero-order valence-electron chi connectivity index (χ0n) is 11.7. The van der Waals surface area contributed by atoms with E-state index in [4.69, 9.17) is 5.11 Å². The molecule has 0 radical (unpaired) electrons. The van der Waals surface area contributed by atoms with Gasteiger partial charge in [-0.3, -0.25) is 0 Å². The van der Waals surface area contributed by atoms with E-state index >= 15 is 0 Å². The number of aromatic hydroxyl groups is 1. The van der Waals surface area contributed by atoms with Crippen LogP contribution >= 0.6 is 0 Å². The van der Waals surface area contributed by atoms with E-state index in [0.29, 0.717) is 11.8 Å². The lowest BCUT2D eigenvalue weighted by atomic mass is 10.1. The van der Waals surface area contributed by atoms with E-state index in [1.165, 1.54) is 11.1 Å². The highest BCUT2D eigenvalue weighted by Gasteiger charge is 2.03. The maximum Gasteiger partial charge on any atom is 0.115 e. The van der Waals surface area contributed by atoms with Crippen LogP contribution in [-0.4, -0.2) is 16.3 Å². The van der Waals surface area contributed by atoms with E-state index in [-0.39, 0.29) is 6.61 Å². The highest BCUT2D eigenvalue weighted by atomic mass is 16.3. The second-order valence-electron chi connectivity index (χ2n) is 5.13. The summed E-state index contributed by atoms with van der Waals surface area (Å²) in [7, 11) is 0. The number of hydrogen-bond donors (Lipinski definition) is 3. The minimum absolute atomic E-state index is 0.0883. The summed E-state index contributed by atoms with van der Waals surface area (Å²) in [6.07, 6.45) is 0.926. The van der Waals surface area contributed by atoms with Crippen LogP contribution in [0, 0.1) is 0 Å². The van der Waals surface area contributed by atoms with Gasteiger partial charge in [-0.1, -0.05) is 36.4 Å². The lowest BCUT2D eigenvalue weighted by molar-refractivity contribution is 0.282. The fourth-order valence-electron chi connectivity index (χ4n) is 2.11. The molecule has 0 saturated carbocycles. The van der Waals surface area contributed by atoms with Gasteiger partial charge in [-0.15, -0.1) is 0 Å². The van der Waals surface area contributed by atoms with Crippen molar-refractivity contribution in [1.82, 2.24) is 5.32 Å². The topological polar surface area (TPSA) is 52.5 Å². The van der Waals surface area contributed by atoms with Crippen LogP contribution < -0.4 is 5.32 Å². The lowest BCUT2D eigenvalue weighted by Crippen LogP contribution is -2.27. The van der Waals surface area contributed by atoms with Crippen molar-refractivity contribution in [2.45, 2.75) is 32.5 Å². The number of aliphatic hydroxyl groups is 1. The van der Waals surface area contributed by atoms with Crippen molar-refractivity contribution < 1.29 is 10.2 Å². The van der Waals surface area contributed by atoms with Crippen LogP contribution in [0.15, 0.2) is 48.5 Å². The van der Waals surface area contributed by atoms with Crippen molar-refractivity contribution in [2.75, 3.05) is 0 Å². The number of hydrogen-bond acceptors (Lipinski definition) is 3. The molecule has 0 saturated heterocycles. The molecule has 2 aromatic carbocycles. The Balaban J connectivity index is 1.82. The summed E-state index contributed by atoms with van der Waals surface area (Å²) in [5.41, 5.74) is 3.35. The van der Waals surface area contributed by atoms with Gasteiger partial charge in [-0.05, 0) is 42.2 Å². The van der Waals surface area contributed by atoms with Crippen molar-refractivity contribution in [3.8, 4) is 5.75 Å². The molecule has 0 fully saturated rings. The molecule has 3 nitrogen and oxygen atoms in total. The molecule has 106 valence electrons. The Hall–Kier alpha value is -1.84. The van der Waals surface area contributed by atoms with Crippen LogP contribution in [0.5, 0.6) is 5.75 Å². The molecule has 0 heterocycles. The Labute approximate surface area is 119 Å². The van der Waals surface area contributed by atoms with Crippen LogP contribution in [0.1, 0.15) is 23.6 Å². The molecule has 0 aromatic heterocycles. The number of phenolic OH excluding ortho intramolecular Hbond substituents is 1. The molecule has 0 bridgehead atoms. The quantitative estimate of drug-likeness (QED) is 0.757. The monoisotopic (exact) mass is 271 g/mol. The van der Waals surface area contributed by atoms with Gasteiger partial charge in [0.15, 0.2) is 0 Å². The van der Waals surface area contributed by atoms with Gasteiger partial charge in [-0.2, -0.15) is 0 Å². The predicted octanol–water partition coefficient (Wildman–Crippen LogP) is 2.61. The normalized spacial score (nSPS) is 12.3. The van der Waals surface area contributed by atoms with Gasteiger partial charge >= 0.3 is 0 Å². The van der Waals surface area contributed by atoms with Crippen molar-refractivity contribution in [1.29, 1.82) is 0 Å². The third-order valence-corrected chi connectivity index (χ3v) is 3.34. The van der Waals surface area contributed by atoms with Crippen molar-refractivity contribution in [3.05, 3.63) is 65.2 Å². The molecule has 2 aromatic rings. The van der Waals surface area contributed by atoms with E-state index in [9.17, 15) is 5.11 Å². The van der Waals surface area contributed by atoms with Crippen LogP contribution in [-0.2, 0) is 19.6 Å². The molecule has 2 rings (SSSR count). The van der Waals surface area contributed by atoms with Crippen molar-refractivity contribution >= 4 is 0 Å². The number of phenols is 1. The zero-order valence-corrected chi connectivity index (χ0v) is 11.7. The van der Waals surface area contributed by atoms with Gasteiger partial charge in [0.25, 0.3) is 0 Å². The second kappa shape index (κ2) is 7.08. The van der Waals surface area contributed by atoms with Gasteiger partial charge in [-0.25, -0.2) is 0 Å². The summed E-state index contributed by atoms with van der Waals surface area (Å²) in [5, 5.41) is 21.7. The van der Waals surface area contributed by atoms with Gasteiger partial charge in [0, 0.05) is 12.6 Å². The lowest BCUT2D eigenvalue weighted by Gasteiger charge is -2.14. The SMILES string of the molecule is CC(Cc1ccc(O)cc1)NCc1ccc(CO)cc1. The Bertz CT molecular complexity index is 520. The maximum absolute atomic E-state index is 9.25. The first-order valence-corrected chi connectivity index (χ1v) is 6.87. The van der Waals surface area contributed by atoms with E-state index in [2.05, 4.69) is 12.2 Å². The third-order valence-electron chi connectivity index (χ3n) is 3.34. The first-order valence-electron chi connectivity index (χ1n) is 6.87. The van der Waals surface area contributed by atoms with Gasteiger partial charge in [0.2, 0.25) is 0 Å². The van der Waals surface area contributed by atoms with Crippen LogP contribution in [0.25, 0.3) is 0 Å². The van der Waals surface area contributed by atoms with Crippen LogP contribution in [0.2, 0.25) is 0 Å². The molecule has 3 heteroatoms. The molecule has 0 aliphatic heterocycles. The highest BCUT2D eigenvalue weighted by Crippen LogP contribution is 2.11. The zero-order chi connectivity index (χ0) is 14.4. The van der Waals surface area contributed by atoms with E-state index < -0.39 is 0 Å². The number of benzene rings is 2. The molecule has 1 unspecified atom stereocenters.